The molecule has 0 spiro atoms. The molecule has 1 aliphatic rings. The summed E-state index contributed by atoms with van der Waals surface area (Å²) in [6.07, 6.45) is 1.21. The van der Waals surface area contributed by atoms with E-state index in [9.17, 15) is 13.2 Å². The van der Waals surface area contributed by atoms with Gasteiger partial charge in [-0.05, 0) is 18.9 Å². The minimum Gasteiger partial charge on any atom is -0.389 e. The first-order chi connectivity index (χ1) is 9.84. The Morgan fingerprint density at radius 2 is 1.95 bits per heavy atom. The SMILES string of the molecule is NC(=O)C1CCCN(S(=O)(=O)c2ccccc2C(N)=S)C1. The fraction of sp³-hybridized carbons (Fsp3) is 0.385. The molecule has 1 aromatic carbocycles. The van der Waals surface area contributed by atoms with Crippen LogP contribution < -0.4 is 11.5 Å². The summed E-state index contributed by atoms with van der Waals surface area (Å²) in [4.78, 5) is 11.4. The van der Waals surface area contributed by atoms with E-state index in [1.54, 1.807) is 18.2 Å². The Morgan fingerprint density at radius 1 is 1.29 bits per heavy atom. The number of carbonyl (C=O) groups is 1. The molecule has 1 atom stereocenters. The quantitative estimate of drug-likeness (QED) is 0.769. The van der Waals surface area contributed by atoms with E-state index in [4.69, 9.17) is 23.7 Å². The molecule has 0 radical (unpaired) electrons. The first kappa shape index (κ1) is 15.9. The molecule has 114 valence electrons. The average Bonchev–Trinajstić information content (AvgIpc) is 2.47. The number of carbonyl (C=O) groups excluding carboxylic acids is 1. The maximum atomic E-state index is 12.7. The Morgan fingerprint density at radius 3 is 2.57 bits per heavy atom. The molecule has 8 heteroatoms. The van der Waals surface area contributed by atoms with Gasteiger partial charge in [-0.15, -0.1) is 0 Å². The van der Waals surface area contributed by atoms with Crippen LogP contribution in [0.5, 0.6) is 0 Å². The van der Waals surface area contributed by atoms with Crippen LogP contribution >= 0.6 is 12.2 Å². The number of nitrogens with two attached hydrogens (primary N) is 2. The molecule has 21 heavy (non-hydrogen) atoms. The van der Waals surface area contributed by atoms with Crippen LogP contribution in [0.25, 0.3) is 0 Å². The largest absolute Gasteiger partial charge is 0.389 e. The van der Waals surface area contributed by atoms with E-state index in [2.05, 4.69) is 0 Å². The minimum absolute atomic E-state index is 0.0256. The molecule has 0 aromatic heterocycles. The van der Waals surface area contributed by atoms with Gasteiger partial charge >= 0.3 is 0 Å². The minimum atomic E-state index is -3.75. The van der Waals surface area contributed by atoms with E-state index in [-0.39, 0.29) is 16.4 Å². The number of hydrogen-bond acceptors (Lipinski definition) is 4. The van der Waals surface area contributed by atoms with Gasteiger partial charge in [-0.25, -0.2) is 8.42 Å². The molecule has 1 amide bonds. The summed E-state index contributed by atoms with van der Waals surface area (Å²) in [6.45, 7) is 0.459. The highest BCUT2D eigenvalue weighted by atomic mass is 32.2. The topological polar surface area (TPSA) is 106 Å². The number of thiocarbonyl (C=S) groups is 1. The summed E-state index contributed by atoms with van der Waals surface area (Å²) in [5.74, 6) is -0.928. The van der Waals surface area contributed by atoms with Crippen molar-refractivity contribution in [3.8, 4) is 0 Å². The lowest BCUT2D eigenvalue weighted by Crippen LogP contribution is -2.44. The Bertz CT molecular complexity index is 673. The number of sulfonamides is 1. The fourth-order valence-corrected chi connectivity index (χ4v) is 4.40. The summed E-state index contributed by atoms with van der Waals surface area (Å²) in [7, 11) is -3.75. The van der Waals surface area contributed by atoms with Crippen LogP contribution in [0.15, 0.2) is 29.2 Å². The van der Waals surface area contributed by atoms with Crippen LogP contribution in [0.2, 0.25) is 0 Å². The van der Waals surface area contributed by atoms with Gasteiger partial charge in [0.1, 0.15) is 4.99 Å². The lowest BCUT2D eigenvalue weighted by Gasteiger charge is -2.30. The van der Waals surface area contributed by atoms with Crippen LogP contribution in [0, 0.1) is 5.92 Å². The second-order valence-corrected chi connectivity index (χ2v) is 7.31. The predicted octanol–water partition coefficient (Wildman–Crippen LogP) is 0.207. The van der Waals surface area contributed by atoms with Crippen LogP contribution in [0.3, 0.4) is 0 Å². The molecule has 0 bridgehead atoms. The van der Waals surface area contributed by atoms with E-state index in [0.29, 0.717) is 24.9 Å². The van der Waals surface area contributed by atoms with Crippen molar-refractivity contribution in [2.24, 2.45) is 17.4 Å². The molecule has 0 saturated carbocycles. The van der Waals surface area contributed by atoms with Crippen molar-refractivity contribution in [3.63, 3.8) is 0 Å². The first-order valence-electron chi connectivity index (χ1n) is 6.52. The molecule has 1 heterocycles. The third-order valence-electron chi connectivity index (χ3n) is 3.56. The van der Waals surface area contributed by atoms with Gasteiger partial charge in [-0.1, -0.05) is 30.4 Å². The number of benzene rings is 1. The van der Waals surface area contributed by atoms with E-state index < -0.39 is 21.8 Å². The van der Waals surface area contributed by atoms with Gasteiger partial charge in [0.15, 0.2) is 0 Å². The molecule has 6 nitrogen and oxygen atoms in total. The maximum absolute atomic E-state index is 12.7. The van der Waals surface area contributed by atoms with Crippen molar-refractivity contribution in [1.82, 2.24) is 4.31 Å². The molecular formula is C13H17N3O3S2. The monoisotopic (exact) mass is 327 g/mol. The number of hydrogen-bond donors (Lipinski definition) is 2. The summed E-state index contributed by atoms with van der Waals surface area (Å²) >= 11 is 4.91. The fourth-order valence-electron chi connectivity index (χ4n) is 2.43. The molecule has 4 N–H and O–H groups in total. The number of primary amides is 1. The lowest BCUT2D eigenvalue weighted by molar-refractivity contribution is -0.122. The van der Waals surface area contributed by atoms with Gasteiger partial charge in [0.2, 0.25) is 15.9 Å². The van der Waals surface area contributed by atoms with Gasteiger partial charge in [0.05, 0.1) is 10.8 Å². The Hall–Kier alpha value is -1.51. The van der Waals surface area contributed by atoms with E-state index >= 15 is 0 Å². The zero-order valence-electron chi connectivity index (χ0n) is 11.4. The number of amides is 1. The molecule has 1 saturated heterocycles. The number of rotatable bonds is 4. The molecule has 1 aromatic rings. The third-order valence-corrected chi connectivity index (χ3v) is 5.70. The summed E-state index contributed by atoms with van der Waals surface area (Å²) in [5, 5.41) is 0. The molecule has 1 aliphatic heterocycles. The molecule has 1 fully saturated rings. The van der Waals surface area contributed by atoms with Gasteiger partial charge < -0.3 is 11.5 Å². The van der Waals surface area contributed by atoms with Gasteiger partial charge in [0, 0.05) is 18.7 Å². The highest BCUT2D eigenvalue weighted by molar-refractivity contribution is 7.89. The lowest BCUT2D eigenvalue weighted by atomic mass is 9.99. The van der Waals surface area contributed by atoms with Gasteiger partial charge in [-0.3, -0.25) is 4.79 Å². The van der Waals surface area contributed by atoms with Crippen molar-refractivity contribution in [2.45, 2.75) is 17.7 Å². The Balaban J connectivity index is 2.38. The molecule has 2 rings (SSSR count). The standard InChI is InChI=1S/C13H17N3O3S2/c14-12(17)9-4-3-7-16(8-9)21(18,19)11-6-2-1-5-10(11)13(15)20/h1-2,5-6,9H,3-4,7-8H2,(H2,14,17)(H2,15,20). The second-order valence-electron chi connectivity index (χ2n) is 4.96. The van der Waals surface area contributed by atoms with E-state index in [1.807, 2.05) is 0 Å². The van der Waals surface area contributed by atoms with Crippen LogP contribution in [-0.2, 0) is 14.8 Å². The van der Waals surface area contributed by atoms with Crippen LogP contribution in [0.1, 0.15) is 18.4 Å². The number of nitrogens with zero attached hydrogens (tertiary/aromatic N) is 1. The third kappa shape index (κ3) is 3.22. The molecule has 0 aliphatic carbocycles. The average molecular weight is 327 g/mol. The smallest absolute Gasteiger partial charge is 0.243 e. The number of piperidine rings is 1. The summed E-state index contributed by atoms with van der Waals surface area (Å²) in [6, 6.07) is 6.34. The Labute approximate surface area is 129 Å². The maximum Gasteiger partial charge on any atom is 0.243 e. The predicted molar refractivity (Wildman–Crippen MR) is 83.0 cm³/mol. The van der Waals surface area contributed by atoms with E-state index in [1.165, 1.54) is 10.4 Å². The first-order valence-corrected chi connectivity index (χ1v) is 8.37. The Kier molecular flexibility index (Phi) is 4.60. The van der Waals surface area contributed by atoms with Crippen molar-refractivity contribution >= 4 is 33.1 Å². The van der Waals surface area contributed by atoms with Crippen molar-refractivity contribution < 1.29 is 13.2 Å². The van der Waals surface area contributed by atoms with Crippen LogP contribution in [-0.4, -0.2) is 36.7 Å². The second kappa shape index (κ2) is 6.08. The van der Waals surface area contributed by atoms with Gasteiger partial charge in [0.25, 0.3) is 0 Å². The van der Waals surface area contributed by atoms with Crippen molar-refractivity contribution in [1.29, 1.82) is 0 Å². The molecular weight excluding hydrogens is 310 g/mol. The molecule has 1 unspecified atom stereocenters. The highest BCUT2D eigenvalue weighted by Crippen LogP contribution is 2.25. The zero-order valence-corrected chi connectivity index (χ0v) is 13.0. The van der Waals surface area contributed by atoms with Crippen molar-refractivity contribution in [2.75, 3.05) is 13.1 Å². The zero-order chi connectivity index (χ0) is 15.6. The van der Waals surface area contributed by atoms with Gasteiger partial charge in [-0.2, -0.15) is 4.31 Å². The highest BCUT2D eigenvalue weighted by Gasteiger charge is 2.33. The summed E-state index contributed by atoms with van der Waals surface area (Å²) in [5.41, 5.74) is 11.2. The van der Waals surface area contributed by atoms with Crippen molar-refractivity contribution in [3.05, 3.63) is 29.8 Å². The van der Waals surface area contributed by atoms with Crippen LogP contribution in [0.4, 0.5) is 0 Å². The normalized spacial score (nSPS) is 20.1. The van der Waals surface area contributed by atoms with E-state index in [0.717, 1.165) is 0 Å². The summed E-state index contributed by atoms with van der Waals surface area (Å²) < 4.78 is 26.8.